The standard InChI is InChI=1S/C20H17F3N2O2S2/c1-13-17(11-14-5-3-2-4-6-14)29-19(24-13)28-12-18(26)25-15-7-9-16(10-8-15)27-20(21,22)23/h2-10H,11-12H2,1H3,(H,25,26). The van der Waals surface area contributed by atoms with E-state index in [9.17, 15) is 18.0 Å². The molecular formula is C20H17F3N2O2S2. The zero-order valence-corrected chi connectivity index (χ0v) is 17.0. The lowest BCUT2D eigenvalue weighted by molar-refractivity contribution is -0.274. The Morgan fingerprint density at radius 2 is 1.83 bits per heavy atom. The lowest BCUT2D eigenvalue weighted by Crippen LogP contribution is -2.17. The van der Waals surface area contributed by atoms with Gasteiger partial charge in [-0.2, -0.15) is 0 Å². The zero-order valence-electron chi connectivity index (χ0n) is 15.3. The molecule has 2 aromatic carbocycles. The molecule has 0 spiro atoms. The van der Waals surface area contributed by atoms with Crippen LogP contribution in [-0.2, 0) is 11.2 Å². The average molecular weight is 438 g/mol. The number of halogens is 3. The summed E-state index contributed by atoms with van der Waals surface area (Å²) in [5.41, 5.74) is 2.54. The molecule has 4 nitrogen and oxygen atoms in total. The van der Waals surface area contributed by atoms with Gasteiger partial charge < -0.3 is 10.1 Å². The molecule has 0 atom stereocenters. The van der Waals surface area contributed by atoms with E-state index >= 15 is 0 Å². The Kier molecular flexibility index (Phi) is 6.81. The first-order valence-corrected chi connectivity index (χ1v) is 10.4. The molecule has 0 saturated carbocycles. The first-order valence-electron chi connectivity index (χ1n) is 8.57. The van der Waals surface area contributed by atoms with Gasteiger partial charge in [0, 0.05) is 17.0 Å². The van der Waals surface area contributed by atoms with Crippen LogP contribution in [-0.4, -0.2) is 23.0 Å². The minimum Gasteiger partial charge on any atom is -0.406 e. The predicted molar refractivity (Wildman–Crippen MR) is 109 cm³/mol. The number of rotatable bonds is 7. The summed E-state index contributed by atoms with van der Waals surface area (Å²) in [4.78, 5) is 17.8. The maximum atomic E-state index is 12.2. The second kappa shape index (κ2) is 9.32. The van der Waals surface area contributed by atoms with Crippen LogP contribution in [0.5, 0.6) is 5.75 Å². The molecule has 152 valence electrons. The van der Waals surface area contributed by atoms with Gasteiger partial charge in [0.25, 0.3) is 0 Å². The van der Waals surface area contributed by atoms with Crippen molar-refractivity contribution in [3.8, 4) is 5.75 Å². The molecule has 0 unspecified atom stereocenters. The number of ether oxygens (including phenoxy) is 1. The molecule has 1 aromatic heterocycles. The SMILES string of the molecule is Cc1nc(SCC(=O)Nc2ccc(OC(F)(F)F)cc2)sc1Cc1ccccc1. The molecule has 0 aliphatic carbocycles. The maximum Gasteiger partial charge on any atom is 0.573 e. The Bertz CT molecular complexity index is 958. The first-order chi connectivity index (χ1) is 13.8. The van der Waals surface area contributed by atoms with Crippen molar-refractivity contribution in [2.75, 3.05) is 11.1 Å². The Morgan fingerprint density at radius 1 is 1.14 bits per heavy atom. The van der Waals surface area contributed by atoms with Crippen molar-refractivity contribution in [3.05, 3.63) is 70.7 Å². The number of amides is 1. The van der Waals surface area contributed by atoms with Crippen molar-refractivity contribution in [1.29, 1.82) is 0 Å². The van der Waals surface area contributed by atoms with Crippen molar-refractivity contribution in [1.82, 2.24) is 4.98 Å². The van der Waals surface area contributed by atoms with E-state index in [0.29, 0.717) is 5.69 Å². The fourth-order valence-electron chi connectivity index (χ4n) is 2.47. The predicted octanol–water partition coefficient (Wildman–Crippen LogP) is 5.67. The highest BCUT2D eigenvalue weighted by atomic mass is 32.2. The van der Waals surface area contributed by atoms with Crippen molar-refractivity contribution in [2.24, 2.45) is 0 Å². The van der Waals surface area contributed by atoms with E-state index < -0.39 is 6.36 Å². The second-order valence-electron chi connectivity index (χ2n) is 6.06. The van der Waals surface area contributed by atoms with Crippen LogP contribution < -0.4 is 10.1 Å². The smallest absolute Gasteiger partial charge is 0.406 e. The van der Waals surface area contributed by atoms with Crippen LogP contribution in [0.25, 0.3) is 0 Å². The number of thioether (sulfide) groups is 1. The van der Waals surface area contributed by atoms with Crippen LogP contribution >= 0.6 is 23.1 Å². The summed E-state index contributed by atoms with van der Waals surface area (Å²) in [6, 6.07) is 15.1. The molecule has 29 heavy (non-hydrogen) atoms. The van der Waals surface area contributed by atoms with Gasteiger partial charge in [-0.15, -0.1) is 24.5 Å². The van der Waals surface area contributed by atoms with Crippen LogP contribution in [0.3, 0.4) is 0 Å². The third kappa shape index (κ3) is 6.79. The van der Waals surface area contributed by atoms with E-state index in [2.05, 4.69) is 27.2 Å². The minimum absolute atomic E-state index is 0.151. The molecule has 1 amide bonds. The van der Waals surface area contributed by atoms with E-state index in [0.717, 1.165) is 33.5 Å². The largest absolute Gasteiger partial charge is 0.573 e. The molecule has 0 fully saturated rings. The van der Waals surface area contributed by atoms with Gasteiger partial charge in [-0.05, 0) is 36.8 Å². The van der Waals surface area contributed by atoms with Gasteiger partial charge in [-0.1, -0.05) is 42.1 Å². The van der Waals surface area contributed by atoms with E-state index in [1.165, 1.54) is 29.5 Å². The summed E-state index contributed by atoms with van der Waals surface area (Å²) in [6.45, 7) is 1.95. The van der Waals surface area contributed by atoms with Gasteiger partial charge in [-0.25, -0.2) is 4.98 Å². The number of carbonyl (C=O) groups is 1. The Labute approximate surface area is 174 Å². The van der Waals surface area contributed by atoms with Crippen molar-refractivity contribution >= 4 is 34.7 Å². The number of carbonyl (C=O) groups excluding carboxylic acids is 1. The average Bonchev–Trinajstić information content (AvgIpc) is 3.01. The topological polar surface area (TPSA) is 51.2 Å². The number of hydrogen-bond donors (Lipinski definition) is 1. The van der Waals surface area contributed by atoms with E-state index in [1.54, 1.807) is 11.3 Å². The molecule has 1 heterocycles. The molecule has 3 aromatic rings. The second-order valence-corrected chi connectivity index (χ2v) is 8.37. The number of alkyl halides is 3. The summed E-state index contributed by atoms with van der Waals surface area (Å²) in [5, 5.41) is 2.64. The number of nitrogens with zero attached hydrogens (tertiary/aromatic N) is 1. The molecular weight excluding hydrogens is 421 g/mol. The summed E-state index contributed by atoms with van der Waals surface area (Å²) < 4.78 is 41.1. The number of aryl methyl sites for hydroxylation is 1. The highest BCUT2D eigenvalue weighted by Gasteiger charge is 2.30. The molecule has 0 aliphatic heterocycles. The summed E-state index contributed by atoms with van der Waals surface area (Å²) in [6.07, 6.45) is -3.95. The highest BCUT2D eigenvalue weighted by Crippen LogP contribution is 2.29. The van der Waals surface area contributed by atoms with Crippen LogP contribution in [0, 0.1) is 6.92 Å². The molecule has 3 rings (SSSR count). The number of nitrogens with one attached hydrogen (secondary N) is 1. The van der Waals surface area contributed by atoms with Crippen LogP contribution in [0.15, 0.2) is 58.9 Å². The van der Waals surface area contributed by atoms with Gasteiger partial charge in [0.1, 0.15) is 5.75 Å². The van der Waals surface area contributed by atoms with E-state index in [1.807, 2.05) is 25.1 Å². The number of hydrogen-bond acceptors (Lipinski definition) is 5. The minimum atomic E-state index is -4.74. The third-order valence-electron chi connectivity index (χ3n) is 3.78. The summed E-state index contributed by atoms with van der Waals surface area (Å²) in [5.74, 6) is -0.454. The lowest BCUT2D eigenvalue weighted by Gasteiger charge is -2.09. The van der Waals surface area contributed by atoms with Crippen LogP contribution in [0.1, 0.15) is 16.1 Å². The number of aromatic nitrogens is 1. The molecule has 0 radical (unpaired) electrons. The zero-order chi connectivity index (χ0) is 20.9. The molecule has 9 heteroatoms. The number of benzene rings is 2. The van der Waals surface area contributed by atoms with E-state index in [4.69, 9.17) is 0 Å². The lowest BCUT2D eigenvalue weighted by atomic mass is 10.1. The third-order valence-corrected chi connectivity index (χ3v) is 6.08. The molecule has 0 saturated heterocycles. The van der Waals surface area contributed by atoms with Gasteiger partial charge in [0.2, 0.25) is 5.91 Å². The van der Waals surface area contributed by atoms with Crippen molar-refractivity contribution < 1.29 is 22.7 Å². The van der Waals surface area contributed by atoms with Crippen molar-refractivity contribution in [2.45, 2.75) is 24.0 Å². The van der Waals surface area contributed by atoms with Gasteiger partial charge in [-0.3, -0.25) is 4.79 Å². The molecule has 0 bridgehead atoms. The monoisotopic (exact) mass is 438 g/mol. The Balaban J connectivity index is 1.51. The summed E-state index contributed by atoms with van der Waals surface area (Å²) >= 11 is 2.88. The van der Waals surface area contributed by atoms with E-state index in [-0.39, 0.29) is 17.4 Å². The van der Waals surface area contributed by atoms with Gasteiger partial charge in [0.15, 0.2) is 4.34 Å². The maximum absolute atomic E-state index is 12.2. The number of anilines is 1. The fraction of sp³-hybridized carbons (Fsp3) is 0.200. The van der Waals surface area contributed by atoms with Crippen LogP contribution in [0.2, 0.25) is 0 Å². The quantitative estimate of drug-likeness (QED) is 0.483. The molecule has 0 aliphatic rings. The fourth-order valence-corrected chi connectivity index (χ4v) is 4.54. The van der Waals surface area contributed by atoms with Crippen LogP contribution in [0.4, 0.5) is 18.9 Å². The highest BCUT2D eigenvalue weighted by molar-refractivity contribution is 8.01. The van der Waals surface area contributed by atoms with Gasteiger partial charge in [0.05, 0.1) is 11.4 Å². The summed E-state index contributed by atoms with van der Waals surface area (Å²) in [7, 11) is 0. The molecule has 1 N–H and O–H groups in total. The normalized spacial score (nSPS) is 11.3. The van der Waals surface area contributed by atoms with Gasteiger partial charge >= 0.3 is 6.36 Å². The Morgan fingerprint density at radius 3 is 2.48 bits per heavy atom. The number of thiazole rings is 1. The Hall–Kier alpha value is -2.52. The first kappa shape index (κ1) is 21.2. The van der Waals surface area contributed by atoms with Crippen molar-refractivity contribution in [3.63, 3.8) is 0 Å².